The lowest BCUT2D eigenvalue weighted by Gasteiger charge is -2.28. The summed E-state index contributed by atoms with van der Waals surface area (Å²) in [6.45, 7) is 0.753. The van der Waals surface area contributed by atoms with Gasteiger partial charge in [-0.15, -0.1) is 0 Å². The molecule has 4 rings (SSSR count). The minimum atomic E-state index is -0.295. The molecule has 0 aliphatic heterocycles. The molecule has 1 saturated carbocycles. The second-order valence-corrected chi connectivity index (χ2v) is 7.06. The van der Waals surface area contributed by atoms with E-state index in [4.69, 9.17) is 4.42 Å². The minimum absolute atomic E-state index is 0.155. The molecule has 122 valence electrons. The predicted molar refractivity (Wildman–Crippen MR) is 89.6 cm³/mol. The van der Waals surface area contributed by atoms with Crippen molar-refractivity contribution in [2.75, 3.05) is 6.61 Å². The Morgan fingerprint density at radius 3 is 2.57 bits per heavy atom. The first-order chi connectivity index (χ1) is 11.2. The van der Waals surface area contributed by atoms with Gasteiger partial charge in [0.25, 0.3) is 0 Å². The van der Waals surface area contributed by atoms with Gasteiger partial charge in [-0.2, -0.15) is 0 Å². The molecule has 0 saturated heterocycles. The number of rotatable bonds is 4. The zero-order chi connectivity index (χ0) is 15.9. The Morgan fingerprint density at radius 2 is 1.83 bits per heavy atom. The van der Waals surface area contributed by atoms with Crippen molar-refractivity contribution in [2.45, 2.75) is 57.0 Å². The maximum atomic E-state index is 11.9. The van der Waals surface area contributed by atoms with Gasteiger partial charge in [-0.05, 0) is 60.9 Å². The van der Waals surface area contributed by atoms with E-state index in [9.17, 15) is 9.90 Å². The minimum Gasteiger partial charge on any atom is -0.423 e. The molecule has 2 N–H and O–H groups in total. The molecule has 0 atom stereocenters. The van der Waals surface area contributed by atoms with Gasteiger partial charge >= 0.3 is 5.63 Å². The Kier molecular flexibility index (Phi) is 3.74. The highest BCUT2D eigenvalue weighted by Gasteiger charge is 2.32. The maximum absolute atomic E-state index is 11.9. The number of aliphatic hydroxyl groups excluding tert-OH is 1. The first kappa shape index (κ1) is 14.9. The Morgan fingerprint density at radius 1 is 1.09 bits per heavy atom. The van der Waals surface area contributed by atoms with Crippen molar-refractivity contribution >= 4 is 11.0 Å². The molecular formula is C19H23NO3. The fraction of sp³-hybridized carbons (Fsp3) is 0.526. The Labute approximate surface area is 135 Å². The van der Waals surface area contributed by atoms with Crippen LogP contribution in [0.3, 0.4) is 0 Å². The quantitative estimate of drug-likeness (QED) is 0.852. The molecule has 2 aliphatic rings. The van der Waals surface area contributed by atoms with Crippen LogP contribution in [-0.4, -0.2) is 17.3 Å². The molecular weight excluding hydrogens is 290 g/mol. The first-order valence-electron chi connectivity index (χ1n) is 8.64. The number of nitrogens with one attached hydrogen (secondary N) is 1. The molecule has 2 aromatic rings. The van der Waals surface area contributed by atoms with Gasteiger partial charge in [-0.3, -0.25) is 0 Å². The van der Waals surface area contributed by atoms with Gasteiger partial charge in [-0.25, -0.2) is 4.79 Å². The van der Waals surface area contributed by atoms with Crippen molar-refractivity contribution in [3.8, 4) is 0 Å². The van der Waals surface area contributed by atoms with E-state index in [2.05, 4.69) is 11.4 Å². The summed E-state index contributed by atoms with van der Waals surface area (Å²) in [5, 5.41) is 14.3. The molecule has 4 heteroatoms. The molecule has 0 radical (unpaired) electrons. The molecule has 0 unspecified atom stereocenters. The second kappa shape index (κ2) is 5.77. The standard InChI is InChI=1S/C19H23NO3/c21-12-19(6-1-2-7-19)20-11-15-10-18(22)23-17-9-14-5-3-4-13(14)8-16(15)17/h8-10,20-21H,1-7,11-12H2. The highest BCUT2D eigenvalue weighted by molar-refractivity contribution is 5.82. The highest BCUT2D eigenvalue weighted by atomic mass is 16.4. The Bertz CT molecular complexity index is 787. The third kappa shape index (κ3) is 2.70. The lowest BCUT2D eigenvalue weighted by Crippen LogP contribution is -2.45. The van der Waals surface area contributed by atoms with E-state index in [1.807, 2.05) is 6.07 Å². The van der Waals surface area contributed by atoms with E-state index in [0.717, 1.165) is 49.5 Å². The van der Waals surface area contributed by atoms with Crippen LogP contribution < -0.4 is 10.9 Å². The molecule has 1 fully saturated rings. The van der Waals surface area contributed by atoms with Gasteiger partial charge in [0.1, 0.15) is 5.58 Å². The number of aryl methyl sites for hydroxylation is 2. The highest BCUT2D eigenvalue weighted by Crippen LogP contribution is 2.31. The summed E-state index contributed by atoms with van der Waals surface area (Å²) in [6.07, 6.45) is 7.66. The van der Waals surface area contributed by atoms with Gasteiger partial charge in [0, 0.05) is 23.5 Å². The summed E-state index contributed by atoms with van der Waals surface area (Å²) in [6, 6.07) is 5.83. The van der Waals surface area contributed by atoms with Crippen molar-refractivity contribution in [1.82, 2.24) is 5.32 Å². The summed E-state index contributed by atoms with van der Waals surface area (Å²) in [7, 11) is 0. The van der Waals surface area contributed by atoms with Crippen LogP contribution in [0.1, 0.15) is 48.8 Å². The van der Waals surface area contributed by atoms with E-state index in [-0.39, 0.29) is 17.8 Å². The third-order valence-electron chi connectivity index (χ3n) is 5.56. The molecule has 0 bridgehead atoms. The Balaban J connectivity index is 1.70. The third-order valence-corrected chi connectivity index (χ3v) is 5.56. The van der Waals surface area contributed by atoms with Gasteiger partial charge in [0.2, 0.25) is 0 Å². The first-order valence-corrected chi connectivity index (χ1v) is 8.64. The van der Waals surface area contributed by atoms with Crippen LogP contribution in [0.25, 0.3) is 11.0 Å². The normalized spacial score (nSPS) is 19.3. The fourth-order valence-corrected chi connectivity index (χ4v) is 4.17. The number of benzene rings is 1. The van der Waals surface area contributed by atoms with E-state index >= 15 is 0 Å². The molecule has 0 amide bonds. The van der Waals surface area contributed by atoms with Crippen LogP contribution in [0.4, 0.5) is 0 Å². The van der Waals surface area contributed by atoms with Crippen molar-refractivity contribution in [3.05, 3.63) is 45.3 Å². The number of hydrogen-bond acceptors (Lipinski definition) is 4. The van der Waals surface area contributed by atoms with Gasteiger partial charge in [0.15, 0.2) is 0 Å². The average Bonchev–Trinajstić information content (AvgIpc) is 3.20. The average molecular weight is 313 g/mol. The van der Waals surface area contributed by atoms with Gasteiger partial charge < -0.3 is 14.8 Å². The summed E-state index contributed by atoms with van der Waals surface area (Å²) < 4.78 is 5.42. The van der Waals surface area contributed by atoms with E-state index in [1.165, 1.54) is 17.5 Å². The fourth-order valence-electron chi connectivity index (χ4n) is 4.17. The van der Waals surface area contributed by atoms with Crippen LogP contribution in [0.15, 0.2) is 27.4 Å². The summed E-state index contributed by atoms with van der Waals surface area (Å²) in [5.74, 6) is 0. The lowest BCUT2D eigenvalue weighted by atomic mass is 9.97. The smallest absolute Gasteiger partial charge is 0.336 e. The van der Waals surface area contributed by atoms with Crippen molar-refractivity contribution in [3.63, 3.8) is 0 Å². The Hall–Kier alpha value is -1.65. The van der Waals surface area contributed by atoms with Crippen LogP contribution in [0, 0.1) is 0 Å². The molecule has 23 heavy (non-hydrogen) atoms. The van der Waals surface area contributed by atoms with Crippen molar-refractivity contribution < 1.29 is 9.52 Å². The second-order valence-electron chi connectivity index (χ2n) is 7.06. The molecule has 0 spiro atoms. The topological polar surface area (TPSA) is 62.5 Å². The largest absolute Gasteiger partial charge is 0.423 e. The van der Waals surface area contributed by atoms with Crippen molar-refractivity contribution in [2.24, 2.45) is 0 Å². The van der Waals surface area contributed by atoms with E-state index in [1.54, 1.807) is 6.07 Å². The van der Waals surface area contributed by atoms with Crippen LogP contribution in [0.5, 0.6) is 0 Å². The van der Waals surface area contributed by atoms with Crippen molar-refractivity contribution in [1.29, 1.82) is 0 Å². The molecule has 1 aromatic heterocycles. The number of aliphatic hydroxyl groups is 1. The summed E-state index contributed by atoms with van der Waals surface area (Å²) in [4.78, 5) is 11.9. The molecule has 1 heterocycles. The summed E-state index contributed by atoms with van der Waals surface area (Å²) in [5.41, 5.74) is 3.89. The SMILES string of the molecule is O=c1cc(CNC2(CO)CCCC2)c2cc3c(cc2o1)CCC3. The van der Waals surface area contributed by atoms with Crippen LogP contribution in [-0.2, 0) is 19.4 Å². The molecule has 4 nitrogen and oxygen atoms in total. The number of hydrogen-bond donors (Lipinski definition) is 2. The van der Waals surface area contributed by atoms with Gasteiger partial charge in [0.05, 0.1) is 6.61 Å². The van der Waals surface area contributed by atoms with Crippen LogP contribution in [0.2, 0.25) is 0 Å². The number of fused-ring (bicyclic) bond motifs is 2. The van der Waals surface area contributed by atoms with Gasteiger partial charge in [-0.1, -0.05) is 12.8 Å². The van der Waals surface area contributed by atoms with E-state index < -0.39 is 0 Å². The van der Waals surface area contributed by atoms with E-state index in [0.29, 0.717) is 12.1 Å². The summed E-state index contributed by atoms with van der Waals surface area (Å²) >= 11 is 0. The molecule has 1 aromatic carbocycles. The zero-order valence-corrected chi connectivity index (χ0v) is 13.4. The lowest BCUT2D eigenvalue weighted by molar-refractivity contribution is 0.163. The monoisotopic (exact) mass is 313 g/mol. The molecule has 2 aliphatic carbocycles. The maximum Gasteiger partial charge on any atom is 0.336 e. The predicted octanol–water partition coefficient (Wildman–Crippen LogP) is 2.68. The van der Waals surface area contributed by atoms with Crippen LogP contribution >= 0.6 is 0 Å². The zero-order valence-electron chi connectivity index (χ0n) is 13.4.